The Labute approximate surface area is 121 Å². The lowest BCUT2D eigenvalue weighted by atomic mass is 10.3. The van der Waals surface area contributed by atoms with E-state index >= 15 is 0 Å². The summed E-state index contributed by atoms with van der Waals surface area (Å²) in [6, 6.07) is 9.90. The van der Waals surface area contributed by atoms with Crippen molar-refractivity contribution in [3.8, 4) is 17.2 Å². The van der Waals surface area contributed by atoms with Crippen molar-refractivity contribution in [1.29, 1.82) is 0 Å². The van der Waals surface area contributed by atoms with Gasteiger partial charge in [-0.3, -0.25) is 0 Å². The molecule has 0 fully saturated rings. The first-order chi connectivity index (χ1) is 10.4. The molecule has 0 aliphatic rings. The summed E-state index contributed by atoms with van der Waals surface area (Å²) in [7, 11) is 0. The molecule has 0 saturated heterocycles. The van der Waals surface area contributed by atoms with Crippen molar-refractivity contribution in [2.24, 2.45) is 0 Å². The summed E-state index contributed by atoms with van der Waals surface area (Å²) in [6.45, 7) is 0. The SMILES string of the molecule is O=c1[nH]c2ccc(Oc3ccc(OC(F)(F)F)cc3)cc2[nH]1. The Kier molecular flexibility index (Phi) is 3.28. The number of imidazole rings is 1. The number of halogens is 3. The molecule has 0 unspecified atom stereocenters. The number of aromatic amines is 2. The third kappa shape index (κ3) is 3.22. The van der Waals surface area contributed by atoms with Crippen LogP contribution in [0.5, 0.6) is 17.2 Å². The van der Waals surface area contributed by atoms with Crippen LogP contribution < -0.4 is 15.2 Å². The van der Waals surface area contributed by atoms with E-state index in [1.807, 2.05) is 0 Å². The van der Waals surface area contributed by atoms with Gasteiger partial charge in [-0.25, -0.2) is 4.79 Å². The Balaban J connectivity index is 1.78. The number of H-pyrrole nitrogens is 2. The molecule has 8 heteroatoms. The molecular weight excluding hydrogens is 301 g/mol. The van der Waals surface area contributed by atoms with Crippen LogP contribution in [0.15, 0.2) is 47.3 Å². The van der Waals surface area contributed by atoms with Crippen LogP contribution in [0.1, 0.15) is 0 Å². The van der Waals surface area contributed by atoms with Crippen LogP contribution in [0.3, 0.4) is 0 Å². The maximum absolute atomic E-state index is 12.1. The number of alkyl halides is 3. The van der Waals surface area contributed by atoms with E-state index in [0.717, 1.165) is 12.1 Å². The van der Waals surface area contributed by atoms with Crippen LogP contribution in [0.2, 0.25) is 0 Å². The fourth-order valence-electron chi connectivity index (χ4n) is 1.92. The Hall–Kier alpha value is -2.90. The largest absolute Gasteiger partial charge is 0.573 e. The smallest absolute Gasteiger partial charge is 0.457 e. The molecule has 0 aliphatic heterocycles. The van der Waals surface area contributed by atoms with E-state index in [2.05, 4.69) is 14.7 Å². The predicted octanol–water partition coefficient (Wildman–Crippen LogP) is 3.55. The van der Waals surface area contributed by atoms with E-state index in [1.54, 1.807) is 18.2 Å². The first kappa shape index (κ1) is 14.1. The normalized spacial score (nSPS) is 11.6. The molecule has 0 aliphatic carbocycles. The van der Waals surface area contributed by atoms with E-state index in [4.69, 9.17) is 4.74 Å². The number of fused-ring (bicyclic) bond motifs is 1. The molecule has 2 aromatic carbocycles. The molecule has 3 aromatic rings. The Morgan fingerprint density at radius 1 is 0.818 bits per heavy atom. The maximum atomic E-state index is 12.1. The minimum atomic E-state index is -4.73. The number of hydrogen-bond acceptors (Lipinski definition) is 3. The second kappa shape index (κ2) is 5.14. The molecule has 0 bridgehead atoms. The Morgan fingerprint density at radius 2 is 1.41 bits per heavy atom. The maximum Gasteiger partial charge on any atom is 0.573 e. The topological polar surface area (TPSA) is 67.1 Å². The van der Waals surface area contributed by atoms with Crippen LogP contribution in [-0.2, 0) is 0 Å². The van der Waals surface area contributed by atoms with Gasteiger partial charge in [0.15, 0.2) is 0 Å². The van der Waals surface area contributed by atoms with Gasteiger partial charge in [0.05, 0.1) is 11.0 Å². The van der Waals surface area contributed by atoms with Crippen molar-refractivity contribution in [3.63, 3.8) is 0 Å². The van der Waals surface area contributed by atoms with Gasteiger partial charge < -0.3 is 19.4 Å². The van der Waals surface area contributed by atoms with Crippen molar-refractivity contribution in [2.75, 3.05) is 0 Å². The Bertz CT molecular complexity index is 850. The van der Waals surface area contributed by atoms with E-state index in [-0.39, 0.29) is 11.4 Å². The zero-order valence-electron chi connectivity index (χ0n) is 10.9. The van der Waals surface area contributed by atoms with Crippen molar-refractivity contribution >= 4 is 11.0 Å². The first-order valence-electron chi connectivity index (χ1n) is 6.15. The molecule has 0 amide bonds. The van der Waals surface area contributed by atoms with Crippen molar-refractivity contribution in [3.05, 3.63) is 52.9 Å². The zero-order valence-corrected chi connectivity index (χ0v) is 10.9. The third-order valence-electron chi connectivity index (χ3n) is 2.78. The molecule has 1 heterocycles. The highest BCUT2D eigenvalue weighted by atomic mass is 19.4. The lowest BCUT2D eigenvalue weighted by molar-refractivity contribution is -0.274. The van der Waals surface area contributed by atoms with Crippen LogP contribution in [0.4, 0.5) is 13.2 Å². The molecule has 0 spiro atoms. The summed E-state index contributed by atoms with van der Waals surface area (Å²) in [5, 5.41) is 0. The third-order valence-corrected chi connectivity index (χ3v) is 2.78. The first-order valence-corrected chi connectivity index (χ1v) is 6.15. The quantitative estimate of drug-likeness (QED) is 0.777. The van der Waals surface area contributed by atoms with Crippen molar-refractivity contribution < 1.29 is 22.6 Å². The average molecular weight is 310 g/mol. The summed E-state index contributed by atoms with van der Waals surface area (Å²) in [6.07, 6.45) is -4.73. The van der Waals surface area contributed by atoms with E-state index < -0.39 is 6.36 Å². The molecule has 114 valence electrons. The second-order valence-electron chi connectivity index (χ2n) is 4.41. The molecule has 0 saturated carbocycles. The van der Waals surface area contributed by atoms with Gasteiger partial charge in [-0.05, 0) is 36.4 Å². The fourth-order valence-corrected chi connectivity index (χ4v) is 1.92. The summed E-state index contributed by atoms with van der Waals surface area (Å²) in [4.78, 5) is 16.3. The number of rotatable bonds is 3. The van der Waals surface area contributed by atoms with Gasteiger partial charge in [0.2, 0.25) is 0 Å². The highest BCUT2D eigenvalue weighted by Crippen LogP contribution is 2.28. The van der Waals surface area contributed by atoms with Gasteiger partial charge in [0.25, 0.3) is 0 Å². The molecule has 22 heavy (non-hydrogen) atoms. The fraction of sp³-hybridized carbons (Fsp3) is 0.0714. The predicted molar refractivity (Wildman–Crippen MR) is 72.1 cm³/mol. The molecule has 5 nitrogen and oxygen atoms in total. The molecule has 0 radical (unpaired) electrons. The van der Waals surface area contributed by atoms with Crippen molar-refractivity contribution in [2.45, 2.75) is 6.36 Å². The number of nitrogens with one attached hydrogen (secondary N) is 2. The zero-order chi connectivity index (χ0) is 15.7. The van der Waals surface area contributed by atoms with Crippen LogP contribution in [-0.4, -0.2) is 16.3 Å². The molecule has 3 rings (SSSR count). The second-order valence-corrected chi connectivity index (χ2v) is 4.41. The van der Waals surface area contributed by atoms with Crippen molar-refractivity contribution in [1.82, 2.24) is 9.97 Å². The number of aromatic nitrogens is 2. The van der Waals surface area contributed by atoms with Crippen LogP contribution >= 0.6 is 0 Å². The van der Waals surface area contributed by atoms with Gasteiger partial charge >= 0.3 is 12.1 Å². The van der Waals surface area contributed by atoms with E-state index in [1.165, 1.54) is 12.1 Å². The monoisotopic (exact) mass is 310 g/mol. The van der Waals surface area contributed by atoms with Gasteiger partial charge in [0, 0.05) is 6.07 Å². The highest BCUT2D eigenvalue weighted by Gasteiger charge is 2.30. The van der Waals surface area contributed by atoms with E-state index in [0.29, 0.717) is 22.5 Å². The highest BCUT2D eigenvalue weighted by molar-refractivity contribution is 5.76. The minimum absolute atomic E-state index is 0.328. The average Bonchev–Trinajstić information content (AvgIpc) is 2.79. The molecule has 2 N–H and O–H groups in total. The van der Waals surface area contributed by atoms with Gasteiger partial charge in [-0.1, -0.05) is 0 Å². The summed E-state index contributed by atoms with van der Waals surface area (Å²) >= 11 is 0. The lowest BCUT2D eigenvalue weighted by Crippen LogP contribution is -2.16. The van der Waals surface area contributed by atoms with Crippen LogP contribution in [0.25, 0.3) is 11.0 Å². The van der Waals surface area contributed by atoms with E-state index in [9.17, 15) is 18.0 Å². The molecular formula is C14H9F3N2O3. The van der Waals surface area contributed by atoms with Gasteiger partial charge in [-0.15, -0.1) is 13.2 Å². The standard InChI is InChI=1S/C14H9F3N2O3/c15-14(16,17)22-9-3-1-8(2-4-9)21-10-5-6-11-12(7-10)19-13(20)18-11/h1-7H,(H2,18,19,20). The van der Waals surface area contributed by atoms with Gasteiger partial charge in [0.1, 0.15) is 17.2 Å². The number of hydrogen-bond donors (Lipinski definition) is 2. The van der Waals surface area contributed by atoms with Crippen LogP contribution in [0, 0.1) is 0 Å². The molecule has 0 atom stereocenters. The summed E-state index contributed by atoms with van der Waals surface area (Å²) in [5.74, 6) is 0.448. The summed E-state index contributed by atoms with van der Waals surface area (Å²) < 4.78 is 45.4. The molecule has 1 aromatic heterocycles. The number of ether oxygens (including phenoxy) is 2. The minimum Gasteiger partial charge on any atom is -0.457 e. The Morgan fingerprint density at radius 3 is 2.09 bits per heavy atom. The summed E-state index contributed by atoms with van der Waals surface area (Å²) in [5.41, 5.74) is 0.867. The number of benzene rings is 2. The lowest BCUT2D eigenvalue weighted by Gasteiger charge is -2.10. The van der Waals surface area contributed by atoms with Gasteiger partial charge in [-0.2, -0.15) is 0 Å².